The lowest BCUT2D eigenvalue weighted by atomic mass is 9.82. The molecule has 7 heteroatoms. The van der Waals surface area contributed by atoms with Crippen LogP contribution in [0.1, 0.15) is 82.6 Å². The Labute approximate surface area is 309 Å². The molecule has 0 aromatic heterocycles. The van der Waals surface area contributed by atoms with Crippen molar-refractivity contribution in [1.82, 2.24) is 16.0 Å². The van der Waals surface area contributed by atoms with E-state index in [0.29, 0.717) is 25.3 Å². The fourth-order valence-corrected chi connectivity index (χ4v) is 8.01. The summed E-state index contributed by atoms with van der Waals surface area (Å²) in [5.41, 5.74) is 4.37. The Bertz CT molecular complexity index is 1550. The van der Waals surface area contributed by atoms with Gasteiger partial charge in [-0.05, 0) is 46.4 Å². The summed E-state index contributed by atoms with van der Waals surface area (Å²) in [7, 11) is 0. The molecule has 2 atom stereocenters. The molecule has 0 aliphatic carbocycles. The summed E-state index contributed by atoms with van der Waals surface area (Å²) in [5, 5.41) is 8.93. The van der Waals surface area contributed by atoms with E-state index in [9.17, 15) is 14.4 Å². The van der Waals surface area contributed by atoms with Gasteiger partial charge in [-0.2, -0.15) is 0 Å². The van der Waals surface area contributed by atoms with Crippen molar-refractivity contribution in [2.24, 2.45) is 11.3 Å². The number of carbonyl (C=O) groups is 3. The van der Waals surface area contributed by atoms with E-state index in [-0.39, 0.29) is 34.9 Å². The Morgan fingerprint density at radius 1 is 0.647 bits per heavy atom. The lowest BCUT2D eigenvalue weighted by molar-refractivity contribution is -0.130. The summed E-state index contributed by atoms with van der Waals surface area (Å²) in [6, 6.07) is 40.7. The number of amides is 3. The topological polar surface area (TPSA) is 87.3 Å². The third kappa shape index (κ3) is 12.1. The highest BCUT2D eigenvalue weighted by atomic mass is 32.2. The molecule has 4 aromatic carbocycles. The predicted molar refractivity (Wildman–Crippen MR) is 211 cm³/mol. The van der Waals surface area contributed by atoms with Crippen molar-refractivity contribution in [3.05, 3.63) is 144 Å². The molecule has 0 spiro atoms. The van der Waals surface area contributed by atoms with E-state index in [1.165, 1.54) is 16.7 Å². The van der Waals surface area contributed by atoms with E-state index in [0.717, 1.165) is 24.8 Å². The monoisotopic (exact) mass is 705 g/mol. The molecule has 0 heterocycles. The molecule has 6 nitrogen and oxygen atoms in total. The maximum Gasteiger partial charge on any atom is 0.242 e. The van der Waals surface area contributed by atoms with Crippen LogP contribution in [0.25, 0.3) is 0 Å². The average Bonchev–Trinajstić information content (AvgIpc) is 3.13. The van der Waals surface area contributed by atoms with E-state index in [1.54, 1.807) is 0 Å². The molecular weight excluding hydrogens is 651 g/mol. The quantitative estimate of drug-likeness (QED) is 0.0857. The van der Waals surface area contributed by atoms with Crippen molar-refractivity contribution in [2.75, 3.05) is 13.1 Å². The Kier molecular flexibility index (Phi) is 14.9. The molecule has 0 aliphatic rings. The van der Waals surface area contributed by atoms with Crippen LogP contribution in [0.15, 0.2) is 121 Å². The van der Waals surface area contributed by atoms with E-state index < -0.39 is 10.8 Å². The van der Waals surface area contributed by atoms with Gasteiger partial charge in [-0.15, -0.1) is 11.8 Å². The van der Waals surface area contributed by atoms with Gasteiger partial charge in [-0.25, -0.2) is 0 Å². The van der Waals surface area contributed by atoms with Crippen LogP contribution in [-0.2, 0) is 25.6 Å². The largest absolute Gasteiger partial charge is 0.354 e. The molecule has 2 unspecified atom stereocenters. The van der Waals surface area contributed by atoms with E-state index in [2.05, 4.69) is 123 Å². The van der Waals surface area contributed by atoms with Crippen molar-refractivity contribution in [2.45, 2.75) is 82.8 Å². The van der Waals surface area contributed by atoms with Gasteiger partial charge >= 0.3 is 0 Å². The van der Waals surface area contributed by atoms with Crippen molar-refractivity contribution < 1.29 is 14.4 Å². The molecule has 4 aromatic rings. The zero-order valence-corrected chi connectivity index (χ0v) is 31.7. The van der Waals surface area contributed by atoms with Crippen molar-refractivity contribution in [1.29, 1.82) is 0 Å². The standard InChI is InChI=1S/C44H55N3O3S/c1-33(2)26-28-43(4,5)31-40(48)46-32-41(49)47-39(30-35-18-10-6-11-19-35)42(50)45-29-27-34(3)51-44(36-20-12-7-13-21-36,37-22-14-8-15-23-37)38-24-16-9-17-25-38/h6-25,33-34,39H,26-32H2,1-5H3,(H,45,50)(H,46,48)(H,47,49). The lowest BCUT2D eigenvalue weighted by Gasteiger charge is -2.37. The molecule has 0 bridgehead atoms. The Morgan fingerprint density at radius 2 is 1.14 bits per heavy atom. The van der Waals surface area contributed by atoms with Gasteiger partial charge < -0.3 is 16.0 Å². The predicted octanol–water partition coefficient (Wildman–Crippen LogP) is 8.30. The zero-order chi connectivity index (χ0) is 36.7. The minimum atomic E-state index is -0.778. The molecule has 51 heavy (non-hydrogen) atoms. The van der Waals surface area contributed by atoms with Crippen LogP contribution in [0.4, 0.5) is 0 Å². The van der Waals surface area contributed by atoms with E-state index in [1.807, 2.05) is 60.3 Å². The number of nitrogens with one attached hydrogen (secondary N) is 3. The van der Waals surface area contributed by atoms with Crippen LogP contribution in [0, 0.1) is 11.3 Å². The number of benzene rings is 4. The summed E-state index contributed by atoms with van der Waals surface area (Å²) in [6.07, 6.45) is 3.39. The van der Waals surface area contributed by atoms with Crippen molar-refractivity contribution in [3.63, 3.8) is 0 Å². The molecule has 0 aliphatic heterocycles. The minimum absolute atomic E-state index is 0.154. The first-order valence-electron chi connectivity index (χ1n) is 18.2. The van der Waals surface area contributed by atoms with Crippen LogP contribution in [0.2, 0.25) is 0 Å². The maximum absolute atomic E-state index is 13.6. The Balaban J connectivity index is 1.41. The van der Waals surface area contributed by atoms with Gasteiger partial charge in [0.15, 0.2) is 0 Å². The molecule has 3 amide bonds. The number of rotatable bonds is 19. The van der Waals surface area contributed by atoms with Crippen LogP contribution >= 0.6 is 11.8 Å². The molecule has 3 N–H and O–H groups in total. The third-order valence-electron chi connectivity index (χ3n) is 9.19. The summed E-state index contributed by atoms with van der Waals surface area (Å²) in [6.45, 7) is 11.0. The highest BCUT2D eigenvalue weighted by molar-refractivity contribution is 8.01. The second-order valence-corrected chi connectivity index (χ2v) is 16.3. The second-order valence-electron chi connectivity index (χ2n) is 14.6. The fourth-order valence-electron chi connectivity index (χ4n) is 6.35. The minimum Gasteiger partial charge on any atom is -0.354 e. The van der Waals surface area contributed by atoms with Gasteiger partial charge in [-0.1, -0.05) is 162 Å². The molecule has 0 saturated carbocycles. The number of hydrogen-bond donors (Lipinski definition) is 3. The van der Waals surface area contributed by atoms with E-state index in [4.69, 9.17) is 0 Å². The zero-order valence-electron chi connectivity index (χ0n) is 30.9. The van der Waals surface area contributed by atoms with Gasteiger partial charge in [0.05, 0.1) is 11.3 Å². The first-order chi connectivity index (χ1) is 24.5. The smallest absolute Gasteiger partial charge is 0.242 e. The first kappa shape index (κ1) is 39.4. The first-order valence-corrected chi connectivity index (χ1v) is 19.1. The Morgan fingerprint density at radius 3 is 1.63 bits per heavy atom. The van der Waals surface area contributed by atoms with Gasteiger partial charge in [-0.3, -0.25) is 14.4 Å². The van der Waals surface area contributed by atoms with Crippen LogP contribution in [0.3, 0.4) is 0 Å². The Hall–Kier alpha value is -4.36. The molecule has 4 rings (SSSR count). The van der Waals surface area contributed by atoms with Crippen LogP contribution in [-0.4, -0.2) is 42.1 Å². The van der Waals surface area contributed by atoms with Crippen LogP contribution in [0.5, 0.6) is 0 Å². The molecule has 0 fully saturated rings. The third-order valence-corrected chi connectivity index (χ3v) is 10.9. The SMILES string of the molecule is CC(C)CCC(C)(C)CC(=O)NCC(=O)NC(Cc1ccccc1)C(=O)NCCC(C)SC(c1ccccc1)(c1ccccc1)c1ccccc1. The van der Waals surface area contributed by atoms with Crippen LogP contribution < -0.4 is 16.0 Å². The van der Waals surface area contributed by atoms with Crippen molar-refractivity contribution >= 4 is 29.5 Å². The lowest BCUT2D eigenvalue weighted by Crippen LogP contribution is -2.51. The fraction of sp³-hybridized carbons (Fsp3) is 0.386. The summed E-state index contributed by atoms with van der Waals surface area (Å²) in [5.74, 6) is -0.223. The highest BCUT2D eigenvalue weighted by Crippen LogP contribution is 2.50. The maximum atomic E-state index is 13.6. The number of carbonyl (C=O) groups excluding carboxylic acids is 3. The summed E-state index contributed by atoms with van der Waals surface area (Å²) in [4.78, 5) is 39.4. The number of thioether (sulfide) groups is 1. The second kappa shape index (κ2) is 19.3. The summed E-state index contributed by atoms with van der Waals surface area (Å²) >= 11 is 1.88. The highest BCUT2D eigenvalue weighted by Gasteiger charge is 2.38. The van der Waals surface area contributed by atoms with Gasteiger partial charge in [0.2, 0.25) is 17.7 Å². The normalized spacial score (nSPS) is 12.9. The van der Waals surface area contributed by atoms with Gasteiger partial charge in [0.25, 0.3) is 0 Å². The number of hydrogen-bond acceptors (Lipinski definition) is 4. The van der Waals surface area contributed by atoms with Crippen molar-refractivity contribution in [3.8, 4) is 0 Å². The summed E-state index contributed by atoms with van der Waals surface area (Å²) < 4.78 is -0.453. The average molecular weight is 706 g/mol. The molecule has 0 saturated heterocycles. The van der Waals surface area contributed by atoms with E-state index >= 15 is 0 Å². The molecule has 270 valence electrons. The molecular formula is C44H55N3O3S. The van der Waals surface area contributed by atoms with Gasteiger partial charge in [0, 0.05) is 24.6 Å². The molecule has 0 radical (unpaired) electrons. The van der Waals surface area contributed by atoms with Gasteiger partial charge in [0.1, 0.15) is 6.04 Å².